The Morgan fingerprint density at radius 2 is 1.69 bits per heavy atom. The van der Waals surface area contributed by atoms with E-state index in [4.69, 9.17) is 22.6 Å². The normalized spacial score (nSPS) is 9.96. The molecule has 5 nitrogen and oxygen atoms in total. The summed E-state index contributed by atoms with van der Waals surface area (Å²) in [5.74, 6) is -0.270. The molecule has 7 heteroatoms. The molecule has 0 atom stereocenters. The van der Waals surface area contributed by atoms with Crippen molar-refractivity contribution in [2.24, 2.45) is 0 Å². The van der Waals surface area contributed by atoms with Crippen molar-refractivity contribution in [3.8, 4) is 12.1 Å². The summed E-state index contributed by atoms with van der Waals surface area (Å²) < 4.78 is 0. The summed E-state index contributed by atoms with van der Waals surface area (Å²) in [6.07, 6.45) is 0. The van der Waals surface area contributed by atoms with Gasteiger partial charge in [-0.15, -0.1) is 11.3 Å². The van der Waals surface area contributed by atoms with Crippen molar-refractivity contribution in [2.75, 3.05) is 11.1 Å². The molecule has 0 fully saturated rings. The second kappa shape index (κ2) is 7.28. The molecule has 0 saturated heterocycles. The molecule has 3 aromatic rings. The first-order valence-electron chi connectivity index (χ1n) is 7.43. The summed E-state index contributed by atoms with van der Waals surface area (Å²) in [5, 5.41) is 22.4. The molecule has 3 N–H and O–H groups in total. The minimum Gasteiger partial charge on any atom is -0.396 e. The van der Waals surface area contributed by atoms with Crippen LogP contribution in [0.5, 0.6) is 0 Å². The summed E-state index contributed by atoms with van der Waals surface area (Å²) >= 11 is 6.97. The molecule has 1 heterocycles. The first-order valence-corrected chi connectivity index (χ1v) is 8.62. The highest BCUT2D eigenvalue weighted by atomic mass is 35.5. The van der Waals surface area contributed by atoms with Gasteiger partial charge >= 0.3 is 0 Å². The molecule has 0 aliphatic heterocycles. The fourth-order valence-electron chi connectivity index (χ4n) is 2.30. The van der Waals surface area contributed by atoms with Crippen LogP contribution in [-0.2, 0) is 0 Å². The average molecular weight is 379 g/mol. The lowest BCUT2D eigenvalue weighted by atomic mass is 10.1. The Hall–Kier alpha value is -3.32. The number of thiophene rings is 1. The van der Waals surface area contributed by atoms with Crippen molar-refractivity contribution < 1.29 is 4.79 Å². The second-order valence-corrected chi connectivity index (χ2v) is 6.77. The van der Waals surface area contributed by atoms with Crippen molar-refractivity contribution >= 4 is 45.1 Å². The van der Waals surface area contributed by atoms with Gasteiger partial charge in [-0.25, -0.2) is 0 Å². The third kappa shape index (κ3) is 3.38. The molecule has 3 rings (SSSR count). The average Bonchev–Trinajstić information content (AvgIpc) is 2.97. The molecule has 126 valence electrons. The van der Waals surface area contributed by atoms with Crippen molar-refractivity contribution in [3.63, 3.8) is 0 Å². The van der Waals surface area contributed by atoms with Crippen molar-refractivity contribution in [1.29, 1.82) is 10.5 Å². The molecular weight excluding hydrogens is 368 g/mol. The number of benzene rings is 2. The maximum Gasteiger partial charge on any atom is 0.205 e. The van der Waals surface area contributed by atoms with E-state index in [1.54, 1.807) is 48.5 Å². The van der Waals surface area contributed by atoms with E-state index in [9.17, 15) is 10.1 Å². The van der Waals surface area contributed by atoms with Crippen molar-refractivity contribution in [2.45, 2.75) is 0 Å². The summed E-state index contributed by atoms with van der Waals surface area (Å²) in [7, 11) is 0. The first kappa shape index (κ1) is 17.5. The van der Waals surface area contributed by atoms with Crippen LogP contribution >= 0.6 is 22.9 Å². The van der Waals surface area contributed by atoms with Gasteiger partial charge in [-0.1, -0.05) is 11.6 Å². The Morgan fingerprint density at radius 1 is 1.04 bits per heavy atom. The zero-order chi connectivity index (χ0) is 18.7. The number of rotatable bonds is 4. The lowest BCUT2D eigenvalue weighted by Gasteiger charge is -2.03. The van der Waals surface area contributed by atoms with E-state index in [0.29, 0.717) is 31.7 Å². The van der Waals surface area contributed by atoms with Gasteiger partial charge < -0.3 is 11.1 Å². The standard InChI is InChI=1S/C19H11ClN4OS/c20-13-5-3-12(4-6-13)17(25)18-16(23)15(10-22)19(26-18)24-14-7-1-11(9-21)2-8-14/h1-8,24H,23H2. The maximum atomic E-state index is 12.7. The molecular formula is C19H11ClN4OS. The number of anilines is 3. The van der Waals surface area contributed by atoms with E-state index in [1.165, 1.54) is 0 Å². The van der Waals surface area contributed by atoms with E-state index < -0.39 is 0 Å². The summed E-state index contributed by atoms with van der Waals surface area (Å²) in [6, 6.07) is 17.3. The number of halogens is 1. The largest absolute Gasteiger partial charge is 0.396 e. The Balaban J connectivity index is 1.96. The third-order valence-electron chi connectivity index (χ3n) is 3.64. The van der Waals surface area contributed by atoms with Gasteiger partial charge in [0.25, 0.3) is 0 Å². The van der Waals surface area contributed by atoms with Gasteiger partial charge in [-0.05, 0) is 48.5 Å². The van der Waals surface area contributed by atoms with E-state index in [0.717, 1.165) is 11.3 Å². The quantitative estimate of drug-likeness (QED) is 0.640. The highest BCUT2D eigenvalue weighted by molar-refractivity contribution is 7.19. The Morgan fingerprint density at radius 3 is 2.27 bits per heavy atom. The number of ketones is 1. The summed E-state index contributed by atoms with van der Waals surface area (Å²) in [6.45, 7) is 0. The van der Waals surface area contributed by atoms with Gasteiger partial charge in [0.1, 0.15) is 21.5 Å². The van der Waals surface area contributed by atoms with Crippen LogP contribution in [0.1, 0.15) is 26.4 Å². The molecule has 0 unspecified atom stereocenters. The number of hydrogen-bond donors (Lipinski definition) is 2. The van der Waals surface area contributed by atoms with Gasteiger partial charge in [0.2, 0.25) is 5.78 Å². The summed E-state index contributed by atoms with van der Waals surface area (Å²) in [5.41, 5.74) is 8.06. The number of nitriles is 2. The SMILES string of the molecule is N#Cc1ccc(Nc2sc(C(=O)c3ccc(Cl)cc3)c(N)c2C#N)cc1. The number of nitrogens with two attached hydrogens (primary N) is 1. The first-order chi connectivity index (χ1) is 12.5. The van der Waals surface area contributed by atoms with Crippen molar-refractivity contribution in [1.82, 2.24) is 0 Å². The Labute approximate surface area is 158 Å². The van der Waals surface area contributed by atoms with Crippen LogP contribution in [0.15, 0.2) is 48.5 Å². The number of hydrogen-bond acceptors (Lipinski definition) is 6. The van der Waals surface area contributed by atoms with E-state index >= 15 is 0 Å². The van der Waals surface area contributed by atoms with E-state index in [1.807, 2.05) is 12.1 Å². The van der Waals surface area contributed by atoms with Gasteiger partial charge in [0, 0.05) is 16.3 Å². The van der Waals surface area contributed by atoms with Crippen LogP contribution in [0, 0.1) is 22.7 Å². The molecule has 0 amide bonds. The second-order valence-electron chi connectivity index (χ2n) is 5.31. The zero-order valence-corrected chi connectivity index (χ0v) is 14.9. The molecule has 0 saturated carbocycles. The Kier molecular flexibility index (Phi) is 4.90. The van der Waals surface area contributed by atoms with Crippen LogP contribution in [0.3, 0.4) is 0 Å². The Bertz CT molecular complexity index is 1060. The molecule has 1 aromatic heterocycles. The minimum atomic E-state index is -0.270. The predicted octanol–water partition coefficient (Wildman–Crippen LogP) is 4.70. The monoisotopic (exact) mass is 378 g/mol. The number of nitrogens with zero attached hydrogens (tertiary/aromatic N) is 2. The third-order valence-corrected chi connectivity index (χ3v) is 5.01. The molecule has 0 radical (unpaired) electrons. The highest BCUT2D eigenvalue weighted by Crippen LogP contribution is 2.38. The molecule has 0 aliphatic carbocycles. The number of carbonyl (C=O) groups is 1. The lowest BCUT2D eigenvalue weighted by molar-refractivity contribution is 0.104. The van der Waals surface area contributed by atoms with Crippen LogP contribution in [-0.4, -0.2) is 5.78 Å². The highest BCUT2D eigenvalue weighted by Gasteiger charge is 2.22. The van der Waals surface area contributed by atoms with Gasteiger partial charge in [-0.2, -0.15) is 10.5 Å². The predicted molar refractivity (Wildman–Crippen MR) is 103 cm³/mol. The van der Waals surface area contributed by atoms with Gasteiger partial charge in [0.15, 0.2) is 0 Å². The lowest BCUT2D eigenvalue weighted by Crippen LogP contribution is -2.02. The molecule has 0 bridgehead atoms. The van der Waals surface area contributed by atoms with Crippen molar-refractivity contribution in [3.05, 3.63) is 75.1 Å². The molecule has 26 heavy (non-hydrogen) atoms. The molecule has 0 aliphatic rings. The molecule has 0 spiro atoms. The fourth-order valence-corrected chi connectivity index (χ4v) is 3.48. The minimum absolute atomic E-state index is 0.147. The van der Waals surface area contributed by atoms with Crippen LogP contribution in [0.4, 0.5) is 16.4 Å². The number of nitrogen functional groups attached to an aromatic ring is 1. The summed E-state index contributed by atoms with van der Waals surface area (Å²) in [4.78, 5) is 13.0. The van der Waals surface area contributed by atoms with Crippen LogP contribution in [0.25, 0.3) is 0 Å². The van der Waals surface area contributed by atoms with E-state index in [-0.39, 0.29) is 17.0 Å². The number of nitrogens with one attached hydrogen (secondary N) is 1. The van der Waals surface area contributed by atoms with E-state index in [2.05, 4.69) is 5.32 Å². The maximum absolute atomic E-state index is 12.7. The van der Waals surface area contributed by atoms with Gasteiger partial charge in [0.05, 0.1) is 17.3 Å². The fraction of sp³-hybridized carbons (Fsp3) is 0. The molecule has 2 aromatic carbocycles. The van der Waals surface area contributed by atoms with Crippen LogP contribution in [0.2, 0.25) is 5.02 Å². The van der Waals surface area contributed by atoms with Crippen LogP contribution < -0.4 is 11.1 Å². The smallest absolute Gasteiger partial charge is 0.205 e. The topological polar surface area (TPSA) is 103 Å². The van der Waals surface area contributed by atoms with Gasteiger partial charge in [-0.3, -0.25) is 4.79 Å². The number of carbonyl (C=O) groups excluding carboxylic acids is 1. The zero-order valence-electron chi connectivity index (χ0n) is 13.3.